The Hall–Kier alpha value is 0.576. The molecule has 0 spiro atoms. The summed E-state index contributed by atoms with van der Waals surface area (Å²) in [7, 11) is -1.87. The Morgan fingerprint density at radius 3 is 0.946 bits per heavy atom. The summed E-state index contributed by atoms with van der Waals surface area (Å²) < 4.78 is 0. The van der Waals surface area contributed by atoms with Gasteiger partial charge in [0, 0.05) is 67.1 Å². The number of rotatable bonds is 21. The van der Waals surface area contributed by atoms with Crippen LogP contribution in [0, 0.1) is 17.8 Å². The van der Waals surface area contributed by atoms with Crippen LogP contribution in [-0.4, -0.2) is 25.2 Å². The number of hydrogen-bond acceptors (Lipinski definition) is 9. The number of unbranched alkanes of at least 4 members (excludes halogenated alkanes) is 3. The maximum absolute atomic E-state index is 12.3. The van der Waals surface area contributed by atoms with Gasteiger partial charge in [0.25, 0.3) is 0 Å². The summed E-state index contributed by atoms with van der Waals surface area (Å²) in [5, 5.41) is 0. The molecule has 3 atom stereocenters. The molecule has 0 amide bonds. The fourth-order valence-electron chi connectivity index (χ4n) is 3.33. The van der Waals surface area contributed by atoms with Crippen LogP contribution in [0.5, 0.6) is 0 Å². The van der Waals surface area contributed by atoms with Gasteiger partial charge < -0.3 is 14.7 Å². The minimum atomic E-state index is -1.87. The minimum absolute atomic E-state index is 0. The smallest absolute Gasteiger partial charge is 0.308 e. The first-order valence-electron chi connectivity index (χ1n) is 13.0. The van der Waals surface area contributed by atoms with Crippen molar-refractivity contribution in [3.05, 3.63) is 0 Å². The third-order valence-corrected chi connectivity index (χ3v) is 5.82. The summed E-state index contributed by atoms with van der Waals surface area (Å²) in [4.78, 5) is 66.3. The first kappa shape index (κ1) is 44.6. The quantitative estimate of drug-likeness (QED) is 0.0786. The molecule has 0 saturated carbocycles. The first-order valence-corrected chi connectivity index (χ1v) is 13.0. The molecule has 3 unspecified atom stereocenters. The van der Waals surface area contributed by atoms with E-state index in [1.54, 1.807) is 0 Å². The molecule has 13 heteroatoms. The normalized spacial score (nSPS) is 12.5. The van der Waals surface area contributed by atoms with Gasteiger partial charge in [0.15, 0.2) is 0 Å². The molecular formula is C24H45BNb3O9. The first-order chi connectivity index (χ1) is 16.4. The van der Waals surface area contributed by atoms with E-state index in [9.17, 15) is 14.4 Å². The largest absolute Gasteiger partial charge is 0.754 e. The molecular weight excluding hydrogens is 722 g/mol. The van der Waals surface area contributed by atoms with E-state index >= 15 is 0 Å². The van der Waals surface area contributed by atoms with Crippen LogP contribution in [0.4, 0.5) is 0 Å². The van der Waals surface area contributed by atoms with Crippen molar-refractivity contribution in [1.29, 1.82) is 0 Å². The third kappa shape index (κ3) is 21.1. The van der Waals surface area contributed by atoms with E-state index in [0.717, 1.165) is 38.5 Å². The molecule has 37 heavy (non-hydrogen) atoms. The molecule has 0 N–H and O–H groups in total. The molecule has 0 aromatic heterocycles. The second kappa shape index (κ2) is 29.6. The van der Waals surface area contributed by atoms with Gasteiger partial charge >= 0.3 is 25.2 Å². The molecule has 0 rings (SSSR count). The standard InChI is InChI=1S/C24H45BO9.3Nb/c1-7-13-16-19(10-4)22(26)29-32-25(33-30-23(27)20(11-5)17-14-8-2)34-31-24(28)21(12-6)18-15-9-3;;;/h19-21H,7-18H2,1-6H3;;;. The number of carbonyl (C=O) groups excluding carboxylic acids is 3. The molecule has 0 bridgehead atoms. The Balaban J connectivity index is -0.00000181. The Morgan fingerprint density at radius 1 is 0.514 bits per heavy atom. The van der Waals surface area contributed by atoms with Gasteiger partial charge in [0.1, 0.15) is 0 Å². The van der Waals surface area contributed by atoms with Crippen LogP contribution in [0.15, 0.2) is 0 Å². The zero-order valence-electron chi connectivity index (χ0n) is 23.3. The van der Waals surface area contributed by atoms with Gasteiger partial charge in [-0.1, -0.05) is 80.1 Å². The van der Waals surface area contributed by atoms with Crippen LogP contribution in [0.2, 0.25) is 0 Å². The third-order valence-electron chi connectivity index (χ3n) is 5.82. The molecule has 0 saturated heterocycles. The summed E-state index contributed by atoms with van der Waals surface area (Å²) in [6.07, 6.45) is 9.10. The molecule has 0 aromatic rings. The van der Waals surface area contributed by atoms with E-state index in [0.29, 0.717) is 38.5 Å². The Labute approximate surface area is 270 Å². The van der Waals surface area contributed by atoms with Crippen molar-refractivity contribution in [2.24, 2.45) is 17.8 Å². The van der Waals surface area contributed by atoms with E-state index in [4.69, 9.17) is 29.1 Å². The van der Waals surface area contributed by atoms with Crippen LogP contribution >= 0.6 is 0 Å². The van der Waals surface area contributed by atoms with Crippen molar-refractivity contribution in [1.82, 2.24) is 0 Å². The van der Waals surface area contributed by atoms with Gasteiger partial charge in [0.05, 0.1) is 17.8 Å². The van der Waals surface area contributed by atoms with Crippen molar-refractivity contribution in [2.75, 3.05) is 0 Å². The van der Waals surface area contributed by atoms with Crippen molar-refractivity contribution in [2.45, 2.75) is 119 Å². The van der Waals surface area contributed by atoms with Crippen molar-refractivity contribution in [3.63, 3.8) is 0 Å². The zero-order chi connectivity index (χ0) is 25.8. The van der Waals surface area contributed by atoms with Gasteiger partial charge in [-0.05, 0) is 38.5 Å². The molecule has 9 nitrogen and oxygen atoms in total. The van der Waals surface area contributed by atoms with Crippen LogP contribution < -0.4 is 0 Å². The zero-order valence-corrected chi connectivity index (χ0v) is 29.9. The Morgan fingerprint density at radius 2 is 0.757 bits per heavy atom. The SMILES string of the molecule is CCCCC(CC)C(=O)OOB(OOC(=O)C(CC)CCCC)OOC(=O)C(CC)CCCC.[Nb].[Nb].[Nb]. The van der Waals surface area contributed by atoms with E-state index < -0.39 is 25.2 Å². The average molecular weight is 767 g/mol. The summed E-state index contributed by atoms with van der Waals surface area (Å²) in [6, 6.07) is 0. The van der Waals surface area contributed by atoms with E-state index in [-0.39, 0.29) is 84.9 Å². The second-order valence-corrected chi connectivity index (χ2v) is 8.53. The van der Waals surface area contributed by atoms with Crippen LogP contribution in [0.25, 0.3) is 0 Å². The molecule has 0 aliphatic carbocycles. The monoisotopic (exact) mass is 767 g/mol. The van der Waals surface area contributed by atoms with Gasteiger partial charge in [-0.2, -0.15) is 14.4 Å². The van der Waals surface area contributed by atoms with Gasteiger partial charge in [-0.3, -0.25) is 0 Å². The summed E-state index contributed by atoms with van der Waals surface area (Å²) in [5.74, 6) is -2.88. The molecule has 0 aromatic carbocycles. The summed E-state index contributed by atoms with van der Waals surface area (Å²) >= 11 is 0. The Kier molecular flexibility index (Phi) is 35.6. The molecule has 0 aliphatic heterocycles. The maximum Gasteiger partial charge on any atom is 0.754 e. The fraction of sp³-hybridized carbons (Fsp3) is 0.875. The van der Waals surface area contributed by atoms with Gasteiger partial charge in [0.2, 0.25) is 0 Å². The second-order valence-electron chi connectivity index (χ2n) is 8.53. The molecule has 0 heterocycles. The fourth-order valence-corrected chi connectivity index (χ4v) is 3.33. The molecule has 3 radical (unpaired) electrons. The maximum atomic E-state index is 12.3. The van der Waals surface area contributed by atoms with E-state index in [1.807, 2.05) is 41.5 Å². The topological polar surface area (TPSA) is 107 Å². The summed E-state index contributed by atoms with van der Waals surface area (Å²) in [6.45, 7) is 11.7. The average Bonchev–Trinajstić information content (AvgIpc) is 2.84. The molecule has 0 aliphatic rings. The van der Waals surface area contributed by atoms with Crippen LogP contribution in [-0.2, 0) is 111 Å². The number of hydrogen-bond donors (Lipinski definition) is 0. The molecule has 213 valence electrons. The summed E-state index contributed by atoms with van der Waals surface area (Å²) in [5.41, 5.74) is 0. The van der Waals surface area contributed by atoms with Crippen molar-refractivity contribution >= 4 is 25.2 Å². The van der Waals surface area contributed by atoms with Gasteiger partial charge in [-0.25, -0.2) is 14.4 Å². The van der Waals surface area contributed by atoms with Crippen molar-refractivity contribution in [3.8, 4) is 0 Å². The number of carbonyl (C=O) groups is 3. The van der Waals surface area contributed by atoms with Crippen molar-refractivity contribution < 1.29 is 111 Å². The predicted octanol–water partition coefficient (Wildman–Crippen LogP) is 6.04. The minimum Gasteiger partial charge on any atom is -0.308 e. The van der Waals surface area contributed by atoms with E-state index in [1.165, 1.54) is 0 Å². The van der Waals surface area contributed by atoms with Gasteiger partial charge in [-0.15, -0.1) is 0 Å². The predicted molar refractivity (Wildman–Crippen MR) is 127 cm³/mol. The molecule has 0 fully saturated rings. The van der Waals surface area contributed by atoms with E-state index in [2.05, 4.69) is 0 Å². The Bertz CT molecular complexity index is 498. The van der Waals surface area contributed by atoms with Crippen LogP contribution in [0.1, 0.15) is 119 Å². The van der Waals surface area contributed by atoms with Crippen LogP contribution in [0.3, 0.4) is 0 Å².